The summed E-state index contributed by atoms with van der Waals surface area (Å²) in [5.74, 6) is 0.764. The van der Waals surface area contributed by atoms with E-state index >= 15 is 0 Å². The third-order valence-electron chi connectivity index (χ3n) is 4.82. The van der Waals surface area contributed by atoms with Gasteiger partial charge >= 0.3 is 0 Å². The van der Waals surface area contributed by atoms with Crippen molar-refractivity contribution in [2.75, 3.05) is 6.61 Å². The summed E-state index contributed by atoms with van der Waals surface area (Å²) in [5, 5.41) is 3.85. The van der Waals surface area contributed by atoms with Gasteiger partial charge in [-0.2, -0.15) is 0 Å². The Kier molecular flexibility index (Phi) is 3.87. The van der Waals surface area contributed by atoms with Crippen LogP contribution in [0.25, 0.3) is 0 Å². The van der Waals surface area contributed by atoms with Gasteiger partial charge in [0.1, 0.15) is 0 Å². The quantitative estimate of drug-likeness (QED) is 0.904. The topological polar surface area (TPSA) is 21.3 Å². The summed E-state index contributed by atoms with van der Waals surface area (Å²) < 4.78 is 5.79. The molecule has 1 saturated heterocycles. The van der Waals surface area contributed by atoms with Gasteiger partial charge in [-0.15, -0.1) is 0 Å². The number of rotatable bonds is 3. The molecule has 0 bridgehead atoms. The average Bonchev–Trinajstić information content (AvgIpc) is 2.32. The van der Waals surface area contributed by atoms with Crippen LogP contribution in [0.5, 0.6) is 0 Å². The molecule has 110 valence electrons. The van der Waals surface area contributed by atoms with Crippen LogP contribution in [0.2, 0.25) is 0 Å². The summed E-state index contributed by atoms with van der Waals surface area (Å²) in [5.41, 5.74) is 2.95. The summed E-state index contributed by atoms with van der Waals surface area (Å²) in [6, 6.07) is 10.3. The summed E-state index contributed by atoms with van der Waals surface area (Å²) in [4.78, 5) is 0. The summed E-state index contributed by atoms with van der Waals surface area (Å²) in [6.07, 6.45) is 4.89. The fourth-order valence-corrected chi connectivity index (χ4v) is 3.66. The summed E-state index contributed by atoms with van der Waals surface area (Å²) in [7, 11) is 0. The molecule has 2 aliphatic rings. The Hall–Kier alpha value is -0.860. The van der Waals surface area contributed by atoms with Gasteiger partial charge in [0.25, 0.3) is 0 Å². The Morgan fingerprint density at radius 3 is 2.70 bits per heavy atom. The number of aryl methyl sites for hydroxylation is 1. The molecule has 1 aliphatic heterocycles. The molecule has 0 radical (unpaired) electrons. The molecule has 0 aromatic heterocycles. The molecule has 2 heteroatoms. The summed E-state index contributed by atoms with van der Waals surface area (Å²) >= 11 is 0. The molecule has 3 rings (SSSR count). The van der Waals surface area contributed by atoms with E-state index in [-0.39, 0.29) is 5.60 Å². The standard InChI is InChI=1S/C18H27NO/c1-13-5-4-6-14(9-13)15-10-17(11-15)19-16-7-8-20-18(2,3)12-16/h4-6,9,15-17,19H,7-8,10-12H2,1-3H3. The number of ether oxygens (including phenoxy) is 1. The van der Waals surface area contributed by atoms with Crippen molar-refractivity contribution in [2.45, 2.75) is 70.1 Å². The first-order valence-corrected chi connectivity index (χ1v) is 7.98. The molecule has 1 N–H and O–H groups in total. The number of benzene rings is 1. The van der Waals surface area contributed by atoms with Gasteiger partial charge in [-0.1, -0.05) is 29.8 Å². The minimum Gasteiger partial charge on any atom is -0.375 e. The van der Waals surface area contributed by atoms with E-state index in [2.05, 4.69) is 50.4 Å². The maximum atomic E-state index is 5.79. The maximum absolute atomic E-state index is 5.79. The van der Waals surface area contributed by atoms with Crippen LogP contribution in [0.1, 0.15) is 56.6 Å². The molecule has 0 amide bonds. The van der Waals surface area contributed by atoms with Gasteiger partial charge in [-0.3, -0.25) is 0 Å². The molecule has 0 spiro atoms. The average molecular weight is 273 g/mol. The molecular weight excluding hydrogens is 246 g/mol. The first kappa shape index (κ1) is 14.1. The number of hydrogen-bond acceptors (Lipinski definition) is 2. The van der Waals surface area contributed by atoms with Gasteiger partial charge in [-0.25, -0.2) is 0 Å². The number of nitrogens with one attached hydrogen (secondary N) is 1. The molecule has 20 heavy (non-hydrogen) atoms. The van der Waals surface area contributed by atoms with Crippen LogP contribution in [-0.4, -0.2) is 24.3 Å². The van der Waals surface area contributed by atoms with Gasteiger partial charge < -0.3 is 10.1 Å². The zero-order valence-corrected chi connectivity index (χ0v) is 13.0. The van der Waals surface area contributed by atoms with Crippen molar-refractivity contribution in [1.29, 1.82) is 0 Å². The lowest BCUT2D eigenvalue weighted by molar-refractivity contribution is -0.0655. The Morgan fingerprint density at radius 1 is 1.20 bits per heavy atom. The van der Waals surface area contributed by atoms with Gasteiger partial charge in [0, 0.05) is 18.7 Å². The second kappa shape index (κ2) is 5.50. The molecule has 1 aromatic rings. The van der Waals surface area contributed by atoms with Crippen molar-refractivity contribution in [1.82, 2.24) is 5.32 Å². The van der Waals surface area contributed by atoms with Gasteiger partial charge in [0.05, 0.1) is 5.60 Å². The lowest BCUT2D eigenvalue weighted by atomic mass is 9.75. The molecule has 1 atom stereocenters. The lowest BCUT2D eigenvalue weighted by Crippen LogP contribution is -2.50. The third-order valence-corrected chi connectivity index (χ3v) is 4.82. The molecule has 1 saturated carbocycles. The minimum absolute atomic E-state index is 0.0512. The maximum Gasteiger partial charge on any atom is 0.0641 e. The zero-order chi connectivity index (χ0) is 14.2. The molecule has 2 nitrogen and oxygen atoms in total. The van der Waals surface area contributed by atoms with Crippen molar-refractivity contribution in [3.05, 3.63) is 35.4 Å². The van der Waals surface area contributed by atoms with Crippen LogP contribution in [0.4, 0.5) is 0 Å². The molecule has 1 aliphatic carbocycles. The SMILES string of the molecule is Cc1cccc(C2CC(NC3CCOC(C)(C)C3)C2)c1. The normalized spacial score (nSPS) is 32.6. The van der Waals surface area contributed by atoms with Crippen molar-refractivity contribution < 1.29 is 4.74 Å². The smallest absolute Gasteiger partial charge is 0.0641 e. The highest BCUT2D eigenvalue weighted by Gasteiger charge is 2.35. The first-order valence-electron chi connectivity index (χ1n) is 7.98. The van der Waals surface area contributed by atoms with Crippen LogP contribution in [0.3, 0.4) is 0 Å². The van der Waals surface area contributed by atoms with E-state index in [0.29, 0.717) is 12.1 Å². The van der Waals surface area contributed by atoms with Crippen molar-refractivity contribution in [3.8, 4) is 0 Å². The predicted molar refractivity (Wildman–Crippen MR) is 83.1 cm³/mol. The van der Waals surface area contributed by atoms with Crippen LogP contribution in [-0.2, 0) is 4.74 Å². The fraction of sp³-hybridized carbons (Fsp3) is 0.667. The first-order chi connectivity index (χ1) is 9.52. The van der Waals surface area contributed by atoms with E-state index < -0.39 is 0 Å². The molecule has 1 unspecified atom stereocenters. The molecule has 1 heterocycles. The third kappa shape index (κ3) is 3.24. The Labute approximate surface area is 122 Å². The lowest BCUT2D eigenvalue weighted by Gasteiger charge is -2.42. The zero-order valence-electron chi connectivity index (χ0n) is 13.0. The molecular formula is C18H27NO. The highest BCUT2D eigenvalue weighted by Crippen LogP contribution is 2.38. The van der Waals surface area contributed by atoms with Gasteiger partial charge in [0.15, 0.2) is 0 Å². The van der Waals surface area contributed by atoms with Crippen molar-refractivity contribution in [2.24, 2.45) is 0 Å². The largest absolute Gasteiger partial charge is 0.375 e. The van der Waals surface area contributed by atoms with E-state index in [4.69, 9.17) is 4.74 Å². The van der Waals surface area contributed by atoms with Crippen molar-refractivity contribution in [3.63, 3.8) is 0 Å². The fourth-order valence-electron chi connectivity index (χ4n) is 3.66. The molecule has 2 fully saturated rings. The van der Waals surface area contributed by atoms with Gasteiger partial charge in [0.2, 0.25) is 0 Å². The van der Waals surface area contributed by atoms with E-state index in [9.17, 15) is 0 Å². The van der Waals surface area contributed by atoms with E-state index in [1.807, 2.05) is 0 Å². The second-order valence-corrected chi connectivity index (χ2v) is 7.24. The van der Waals surface area contributed by atoms with Crippen molar-refractivity contribution >= 4 is 0 Å². The molecule has 1 aromatic carbocycles. The van der Waals surface area contributed by atoms with E-state index in [0.717, 1.165) is 25.4 Å². The van der Waals surface area contributed by atoms with Crippen LogP contribution < -0.4 is 5.32 Å². The highest BCUT2D eigenvalue weighted by molar-refractivity contribution is 5.27. The Morgan fingerprint density at radius 2 is 2.00 bits per heavy atom. The minimum atomic E-state index is 0.0512. The van der Waals surface area contributed by atoms with Crippen LogP contribution >= 0.6 is 0 Å². The van der Waals surface area contributed by atoms with Crippen LogP contribution in [0.15, 0.2) is 24.3 Å². The van der Waals surface area contributed by atoms with Gasteiger partial charge in [-0.05, 0) is 57.9 Å². The number of hydrogen-bond donors (Lipinski definition) is 1. The van der Waals surface area contributed by atoms with E-state index in [1.54, 1.807) is 0 Å². The Bertz CT molecular complexity index is 462. The highest BCUT2D eigenvalue weighted by atomic mass is 16.5. The van der Waals surface area contributed by atoms with E-state index in [1.165, 1.54) is 24.0 Å². The summed E-state index contributed by atoms with van der Waals surface area (Å²) in [6.45, 7) is 7.50. The second-order valence-electron chi connectivity index (χ2n) is 7.24. The van der Waals surface area contributed by atoms with Crippen LogP contribution in [0, 0.1) is 6.92 Å². The Balaban J connectivity index is 1.49. The predicted octanol–water partition coefficient (Wildman–Crippen LogP) is 3.79. The monoisotopic (exact) mass is 273 g/mol.